The van der Waals surface area contributed by atoms with Crippen molar-refractivity contribution in [1.82, 2.24) is 0 Å². The number of ether oxygens (including phenoxy) is 2. The standard InChI is InChI=1S/C13H22O2/c1-3-14-10-9-12-5-7-13(8-6-12)11-15-4-2/h3-4,12-13H,1-2,5-11H2. The van der Waals surface area contributed by atoms with Crippen molar-refractivity contribution < 1.29 is 9.47 Å². The fourth-order valence-corrected chi connectivity index (χ4v) is 2.21. The molecule has 0 N–H and O–H groups in total. The topological polar surface area (TPSA) is 18.5 Å². The van der Waals surface area contributed by atoms with Crippen LogP contribution >= 0.6 is 0 Å². The molecule has 0 bridgehead atoms. The average molecular weight is 210 g/mol. The van der Waals surface area contributed by atoms with Crippen LogP contribution in [0, 0.1) is 11.8 Å². The van der Waals surface area contributed by atoms with E-state index in [0.717, 1.165) is 25.0 Å². The molecule has 1 aliphatic rings. The molecule has 15 heavy (non-hydrogen) atoms. The molecule has 0 aromatic rings. The number of hydrogen-bond donors (Lipinski definition) is 0. The molecule has 0 unspecified atom stereocenters. The van der Waals surface area contributed by atoms with Crippen LogP contribution in [0.3, 0.4) is 0 Å². The van der Waals surface area contributed by atoms with Crippen LogP contribution in [0.4, 0.5) is 0 Å². The zero-order chi connectivity index (χ0) is 10.9. The molecule has 1 aliphatic carbocycles. The smallest absolute Gasteiger partial charge is 0.0901 e. The van der Waals surface area contributed by atoms with Crippen LogP contribution in [0.1, 0.15) is 32.1 Å². The maximum Gasteiger partial charge on any atom is 0.0901 e. The van der Waals surface area contributed by atoms with E-state index in [1.54, 1.807) is 6.26 Å². The monoisotopic (exact) mass is 210 g/mol. The van der Waals surface area contributed by atoms with Crippen LogP contribution in [0.5, 0.6) is 0 Å². The lowest BCUT2D eigenvalue weighted by Crippen LogP contribution is -2.18. The van der Waals surface area contributed by atoms with E-state index in [4.69, 9.17) is 9.47 Å². The van der Waals surface area contributed by atoms with Gasteiger partial charge in [0.25, 0.3) is 0 Å². The lowest BCUT2D eigenvalue weighted by molar-refractivity contribution is 0.135. The Bertz CT molecular complexity index is 181. The highest BCUT2D eigenvalue weighted by Gasteiger charge is 2.20. The zero-order valence-corrected chi connectivity index (χ0v) is 9.49. The van der Waals surface area contributed by atoms with Gasteiger partial charge >= 0.3 is 0 Å². The molecule has 0 radical (unpaired) electrons. The van der Waals surface area contributed by atoms with E-state index in [1.165, 1.54) is 38.4 Å². The van der Waals surface area contributed by atoms with Crippen molar-refractivity contribution in [3.8, 4) is 0 Å². The summed E-state index contributed by atoms with van der Waals surface area (Å²) in [5.74, 6) is 1.57. The van der Waals surface area contributed by atoms with E-state index in [1.807, 2.05) is 0 Å². The van der Waals surface area contributed by atoms with Crippen molar-refractivity contribution in [1.29, 1.82) is 0 Å². The van der Waals surface area contributed by atoms with Gasteiger partial charge in [0.05, 0.1) is 25.7 Å². The molecule has 0 atom stereocenters. The van der Waals surface area contributed by atoms with Crippen molar-refractivity contribution in [3.05, 3.63) is 25.7 Å². The largest absolute Gasteiger partial charge is 0.502 e. The van der Waals surface area contributed by atoms with Gasteiger partial charge in [0.2, 0.25) is 0 Å². The maximum absolute atomic E-state index is 5.23. The van der Waals surface area contributed by atoms with Gasteiger partial charge in [-0.05, 0) is 43.9 Å². The third kappa shape index (κ3) is 4.91. The minimum atomic E-state index is 0.736. The van der Waals surface area contributed by atoms with Gasteiger partial charge in [-0.2, -0.15) is 0 Å². The molecule has 2 heteroatoms. The summed E-state index contributed by atoms with van der Waals surface area (Å²) in [4.78, 5) is 0. The molecule has 2 nitrogen and oxygen atoms in total. The molecule has 86 valence electrons. The van der Waals surface area contributed by atoms with Crippen LogP contribution < -0.4 is 0 Å². The Morgan fingerprint density at radius 2 is 1.53 bits per heavy atom. The zero-order valence-electron chi connectivity index (χ0n) is 9.49. The summed E-state index contributed by atoms with van der Waals surface area (Å²) in [6, 6.07) is 0. The Hall–Kier alpha value is -0.920. The summed E-state index contributed by atoms with van der Waals surface area (Å²) in [7, 11) is 0. The SMILES string of the molecule is C=COCCC1CCC(COC=C)CC1. The number of hydrogen-bond acceptors (Lipinski definition) is 2. The maximum atomic E-state index is 5.23. The molecule has 1 saturated carbocycles. The Morgan fingerprint density at radius 1 is 0.933 bits per heavy atom. The molecule has 0 spiro atoms. The summed E-state index contributed by atoms with van der Waals surface area (Å²) >= 11 is 0. The van der Waals surface area contributed by atoms with Gasteiger partial charge in [-0.3, -0.25) is 0 Å². The molecule has 1 fully saturated rings. The van der Waals surface area contributed by atoms with Crippen molar-refractivity contribution in [3.63, 3.8) is 0 Å². The van der Waals surface area contributed by atoms with Crippen molar-refractivity contribution in [2.24, 2.45) is 11.8 Å². The average Bonchev–Trinajstić information content (AvgIpc) is 2.28. The summed E-state index contributed by atoms with van der Waals surface area (Å²) in [6.45, 7) is 8.77. The van der Waals surface area contributed by atoms with E-state index in [2.05, 4.69) is 13.2 Å². The Kier molecular flexibility index (Phi) is 5.98. The minimum Gasteiger partial charge on any atom is -0.502 e. The molecule has 0 aliphatic heterocycles. The second kappa shape index (κ2) is 7.38. The molecule has 0 heterocycles. The fourth-order valence-electron chi connectivity index (χ4n) is 2.21. The van der Waals surface area contributed by atoms with Gasteiger partial charge in [-0.15, -0.1) is 0 Å². The third-order valence-corrected chi connectivity index (χ3v) is 3.18. The molecule has 0 amide bonds. The molecule has 1 rings (SSSR count). The van der Waals surface area contributed by atoms with E-state index in [0.29, 0.717) is 0 Å². The van der Waals surface area contributed by atoms with Crippen molar-refractivity contribution in [2.45, 2.75) is 32.1 Å². The summed E-state index contributed by atoms with van der Waals surface area (Å²) < 4.78 is 10.4. The highest BCUT2D eigenvalue weighted by molar-refractivity contribution is 4.73. The first-order chi connectivity index (χ1) is 7.36. The first-order valence-electron chi connectivity index (χ1n) is 5.81. The summed E-state index contributed by atoms with van der Waals surface area (Å²) in [6.07, 6.45) is 9.44. The van der Waals surface area contributed by atoms with Gasteiger partial charge in [-0.1, -0.05) is 13.2 Å². The lowest BCUT2D eigenvalue weighted by atomic mass is 9.81. The van der Waals surface area contributed by atoms with Crippen LogP contribution in [0.15, 0.2) is 25.7 Å². The van der Waals surface area contributed by atoms with Crippen LogP contribution in [-0.4, -0.2) is 13.2 Å². The molecule has 0 saturated heterocycles. The Labute approximate surface area is 93.0 Å². The van der Waals surface area contributed by atoms with Gasteiger partial charge in [0, 0.05) is 0 Å². The Morgan fingerprint density at radius 3 is 2.13 bits per heavy atom. The number of rotatable bonds is 7. The van der Waals surface area contributed by atoms with E-state index >= 15 is 0 Å². The fraction of sp³-hybridized carbons (Fsp3) is 0.692. The van der Waals surface area contributed by atoms with E-state index in [-0.39, 0.29) is 0 Å². The molecule has 0 aromatic carbocycles. The van der Waals surface area contributed by atoms with Crippen molar-refractivity contribution >= 4 is 0 Å². The minimum absolute atomic E-state index is 0.736. The molecular weight excluding hydrogens is 188 g/mol. The second-order valence-electron chi connectivity index (χ2n) is 4.21. The molecular formula is C13H22O2. The highest BCUT2D eigenvalue weighted by Crippen LogP contribution is 2.30. The van der Waals surface area contributed by atoms with Gasteiger partial charge in [0.1, 0.15) is 0 Å². The quantitative estimate of drug-likeness (QED) is 0.473. The van der Waals surface area contributed by atoms with Crippen LogP contribution in [0.2, 0.25) is 0 Å². The van der Waals surface area contributed by atoms with Crippen molar-refractivity contribution in [2.75, 3.05) is 13.2 Å². The van der Waals surface area contributed by atoms with Gasteiger partial charge in [0.15, 0.2) is 0 Å². The van der Waals surface area contributed by atoms with Gasteiger partial charge < -0.3 is 9.47 Å². The predicted molar refractivity (Wildman–Crippen MR) is 62.4 cm³/mol. The van der Waals surface area contributed by atoms with E-state index in [9.17, 15) is 0 Å². The first-order valence-corrected chi connectivity index (χ1v) is 5.81. The Balaban J connectivity index is 2.06. The normalized spacial score (nSPS) is 25.6. The third-order valence-electron chi connectivity index (χ3n) is 3.18. The summed E-state index contributed by atoms with van der Waals surface area (Å²) in [5.41, 5.74) is 0. The summed E-state index contributed by atoms with van der Waals surface area (Å²) in [5, 5.41) is 0. The highest BCUT2D eigenvalue weighted by atomic mass is 16.5. The lowest BCUT2D eigenvalue weighted by Gasteiger charge is -2.27. The van der Waals surface area contributed by atoms with Gasteiger partial charge in [-0.25, -0.2) is 0 Å². The first kappa shape index (κ1) is 12.2. The predicted octanol–water partition coefficient (Wildman–Crippen LogP) is 3.50. The molecule has 0 aromatic heterocycles. The van der Waals surface area contributed by atoms with Crippen LogP contribution in [0.25, 0.3) is 0 Å². The van der Waals surface area contributed by atoms with Crippen LogP contribution in [-0.2, 0) is 9.47 Å². The van der Waals surface area contributed by atoms with E-state index < -0.39 is 0 Å². The second-order valence-corrected chi connectivity index (χ2v) is 4.21.